The summed E-state index contributed by atoms with van der Waals surface area (Å²) < 4.78 is 6.95. The van der Waals surface area contributed by atoms with Crippen molar-refractivity contribution in [3.63, 3.8) is 0 Å². The summed E-state index contributed by atoms with van der Waals surface area (Å²) in [6, 6.07) is 16.7. The summed E-state index contributed by atoms with van der Waals surface area (Å²) in [6.07, 6.45) is 4.53. The highest BCUT2D eigenvalue weighted by molar-refractivity contribution is 6.00. The molecular formula is C26H26N2O4. The second-order valence-corrected chi connectivity index (χ2v) is 8.92. The minimum Gasteiger partial charge on any atom is -0.467 e. The van der Waals surface area contributed by atoms with Gasteiger partial charge in [-0.2, -0.15) is 0 Å². The molecule has 2 fully saturated rings. The number of rotatable bonds is 4. The number of methoxy groups -OCH3 is 1. The molecule has 2 aromatic carbocycles. The van der Waals surface area contributed by atoms with Gasteiger partial charge in [0.05, 0.1) is 12.6 Å². The number of nitrogens with zero attached hydrogens (tertiary/aromatic N) is 1. The third kappa shape index (κ3) is 2.89. The Morgan fingerprint density at radius 1 is 1.03 bits per heavy atom. The number of fused-ring (bicyclic) bond motifs is 3. The van der Waals surface area contributed by atoms with Crippen LogP contribution in [0.25, 0.3) is 10.9 Å². The van der Waals surface area contributed by atoms with Crippen LogP contribution in [0.2, 0.25) is 0 Å². The molecule has 2 saturated carbocycles. The number of ether oxygens (including phenoxy) is 1. The van der Waals surface area contributed by atoms with Gasteiger partial charge in [-0.05, 0) is 54.9 Å². The standard InChI is InChI=1S/C26H26N2O4/c1-16(29)28-15-21(20-10-6-7-11-22(20)28)23-18-12-13-19(14-18)26(23,25(31)32-2)27-24(30)17-8-4-3-5-9-17/h3-11,15,18-19,23H,12-14H2,1-2H3,(H,27,30)/t18-,19+,23+,26+/m0/s1. The first kappa shape index (κ1) is 20.5. The number of esters is 1. The van der Waals surface area contributed by atoms with Gasteiger partial charge in [-0.1, -0.05) is 36.4 Å². The van der Waals surface area contributed by atoms with Gasteiger partial charge in [-0.25, -0.2) is 4.79 Å². The van der Waals surface area contributed by atoms with Gasteiger partial charge in [0.1, 0.15) is 5.54 Å². The van der Waals surface area contributed by atoms with Gasteiger partial charge in [0.15, 0.2) is 0 Å². The van der Waals surface area contributed by atoms with Crippen LogP contribution in [0.1, 0.15) is 52.8 Å². The Morgan fingerprint density at radius 3 is 2.47 bits per heavy atom. The molecule has 0 radical (unpaired) electrons. The molecule has 32 heavy (non-hydrogen) atoms. The fraction of sp³-hybridized carbons (Fsp3) is 0.346. The average Bonchev–Trinajstić information content (AvgIpc) is 3.51. The Labute approximate surface area is 186 Å². The second kappa shape index (κ2) is 7.62. The van der Waals surface area contributed by atoms with Crippen LogP contribution < -0.4 is 5.32 Å². The van der Waals surface area contributed by atoms with E-state index in [4.69, 9.17) is 4.74 Å². The lowest BCUT2D eigenvalue weighted by Gasteiger charge is -2.42. The summed E-state index contributed by atoms with van der Waals surface area (Å²) in [5.41, 5.74) is 1.06. The Morgan fingerprint density at radius 2 is 1.75 bits per heavy atom. The van der Waals surface area contributed by atoms with E-state index in [2.05, 4.69) is 5.32 Å². The zero-order valence-corrected chi connectivity index (χ0v) is 18.2. The van der Waals surface area contributed by atoms with Crippen LogP contribution in [0.5, 0.6) is 0 Å². The van der Waals surface area contributed by atoms with Gasteiger partial charge < -0.3 is 10.1 Å². The highest BCUT2D eigenvalue weighted by Crippen LogP contribution is 2.60. The lowest BCUT2D eigenvalue weighted by Crippen LogP contribution is -2.62. The van der Waals surface area contributed by atoms with Crippen molar-refractivity contribution in [2.75, 3.05) is 7.11 Å². The van der Waals surface area contributed by atoms with E-state index in [-0.39, 0.29) is 29.6 Å². The molecule has 0 spiro atoms. The van der Waals surface area contributed by atoms with Gasteiger partial charge in [0, 0.05) is 30.0 Å². The smallest absolute Gasteiger partial charge is 0.332 e. The summed E-state index contributed by atoms with van der Waals surface area (Å²) in [6.45, 7) is 1.53. The van der Waals surface area contributed by atoms with E-state index in [1.807, 2.05) is 36.5 Å². The van der Waals surface area contributed by atoms with Crippen LogP contribution >= 0.6 is 0 Å². The molecule has 6 nitrogen and oxygen atoms in total. The second-order valence-electron chi connectivity index (χ2n) is 8.92. The highest BCUT2D eigenvalue weighted by Gasteiger charge is 2.64. The Balaban J connectivity index is 1.68. The fourth-order valence-corrected chi connectivity index (χ4v) is 6.11. The van der Waals surface area contributed by atoms with E-state index < -0.39 is 11.5 Å². The van der Waals surface area contributed by atoms with Gasteiger partial charge in [0.25, 0.3) is 5.91 Å². The molecule has 164 valence electrons. The van der Waals surface area contributed by atoms with E-state index in [0.29, 0.717) is 5.56 Å². The number of benzene rings is 2. The van der Waals surface area contributed by atoms with Crippen molar-refractivity contribution in [3.8, 4) is 0 Å². The maximum absolute atomic E-state index is 13.4. The first-order chi connectivity index (χ1) is 15.5. The molecule has 1 aromatic heterocycles. The molecule has 6 heteroatoms. The van der Waals surface area contributed by atoms with Crippen molar-refractivity contribution in [2.24, 2.45) is 11.8 Å². The van der Waals surface area contributed by atoms with Crippen molar-refractivity contribution in [1.82, 2.24) is 9.88 Å². The molecule has 2 bridgehead atoms. The molecule has 3 aromatic rings. The predicted octanol–water partition coefficient (Wildman–Crippen LogP) is 4.16. The van der Waals surface area contributed by atoms with Gasteiger partial charge in [-0.15, -0.1) is 0 Å². The molecule has 0 aliphatic heterocycles. The summed E-state index contributed by atoms with van der Waals surface area (Å²) in [7, 11) is 1.38. The fourth-order valence-electron chi connectivity index (χ4n) is 6.11. The summed E-state index contributed by atoms with van der Waals surface area (Å²) in [5.74, 6) is -0.861. The average molecular weight is 431 g/mol. The van der Waals surface area contributed by atoms with E-state index >= 15 is 0 Å². The summed E-state index contributed by atoms with van der Waals surface area (Å²) >= 11 is 0. The minimum absolute atomic E-state index is 0.0166. The first-order valence-corrected chi connectivity index (χ1v) is 11.0. The van der Waals surface area contributed by atoms with Crippen LogP contribution in [0.3, 0.4) is 0 Å². The Bertz CT molecular complexity index is 1220. The van der Waals surface area contributed by atoms with Crippen molar-refractivity contribution < 1.29 is 19.1 Å². The van der Waals surface area contributed by atoms with E-state index in [1.165, 1.54) is 14.0 Å². The van der Waals surface area contributed by atoms with E-state index in [1.54, 1.807) is 28.8 Å². The predicted molar refractivity (Wildman–Crippen MR) is 120 cm³/mol. The van der Waals surface area contributed by atoms with Crippen LogP contribution in [0.15, 0.2) is 60.8 Å². The molecular weight excluding hydrogens is 404 g/mol. The zero-order chi connectivity index (χ0) is 22.5. The number of carbonyl (C=O) groups excluding carboxylic acids is 3. The van der Waals surface area contributed by atoms with E-state index in [9.17, 15) is 14.4 Å². The lowest BCUT2D eigenvalue weighted by atomic mass is 9.69. The van der Waals surface area contributed by atoms with Crippen LogP contribution in [0, 0.1) is 11.8 Å². The molecule has 1 heterocycles. The van der Waals surface area contributed by atoms with Crippen molar-refractivity contribution in [3.05, 3.63) is 71.9 Å². The third-order valence-corrected chi connectivity index (χ3v) is 7.38. The Hall–Kier alpha value is -3.41. The van der Waals surface area contributed by atoms with Gasteiger partial charge >= 0.3 is 5.97 Å². The number of para-hydroxylation sites is 1. The number of carbonyl (C=O) groups is 3. The summed E-state index contributed by atoms with van der Waals surface area (Å²) in [5, 5.41) is 4.07. The molecule has 0 saturated heterocycles. The molecule has 1 amide bonds. The highest BCUT2D eigenvalue weighted by atomic mass is 16.5. The maximum Gasteiger partial charge on any atom is 0.332 e. The molecule has 2 aliphatic carbocycles. The third-order valence-electron chi connectivity index (χ3n) is 7.38. The van der Waals surface area contributed by atoms with Crippen LogP contribution in [-0.4, -0.2) is 35.0 Å². The van der Waals surface area contributed by atoms with Crippen LogP contribution in [0.4, 0.5) is 0 Å². The largest absolute Gasteiger partial charge is 0.467 e. The maximum atomic E-state index is 13.4. The topological polar surface area (TPSA) is 77.4 Å². The number of nitrogens with one attached hydrogen (secondary N) is 1. The normalized spacial score (nSPS) is 26.2. The number of amides is 1. The molecule has 1 N–H and O–H groups in total. The quantitative estimate of drug-likeness (QED) is 0.631. The SMILES string of the molecule is COC(=O)[C@@]1(NC(=O)c2ccccc2)[C@@H]2CC[C@@H](C2)[C@@H]1c1cn(C(C)=O)c2ccccc12. The van der Waals surface area contributed by atoms with Gasteiger partial charge in [-0.3, -0.25) is 14.2 Å². The molecule has 2 aliphatic rings. The number of hydrogen-bond donors (Lipinski definition) is 1. The molecule has 4 atom stereocenters. The monoisotopic (exact) mass is 430 g/mol. The van der Waals surface area contributed by atoms with Crippen molar-refractivity contribution in [2.45, 2.75) is 37.6 Å². The van der Waals surface area contributed by atoms with Crippen molar-refractivity contribution in [1.29, 1.82) is 0 Å². The minimum atomic E-state index is -1.17. The van der Waals surface area contributed by atoms with Gasteiger partial charge in [0.2, 0.25) is 5.91 Å². The number of hydrogen-bond acceptors (Lipinski definition) is 4. The van der Waals surface area contributed by atoms with Crippen molar-refractivity contribution >= 4 is 28.7 Å². The van der Waals surface area contributed by atoms with Crippen LogP contribution in [-0.2, 0) is 9.53 Å². The lowest BCUT2D eigenvalue weighted by molar-refractivity contribution is -0.151. The molecule has 5 rings (SSSR count). The number of aromatic nitrogens is 1. The zero-order valence-electron chi connectivity index (χ0n) is 18.2. The molecule has 0 unspecified atom stereocenters. The van der Waals surface area contributed by atoms with E-state index in [0.717, 1.165) is 35.7 Å². The Kier molecular flexibility index (Phi) is 4.88. The summed E-state index contributed by atoms with van der Waals surface area (Å²) in [4.78, 5) is 39.1. The first-order valence-electron chi connectivity index (χ1n) is 11.0.